The zero-order chi connectivity index (χ0) is 15.5. The Balaban J connectivity index is 1.95. The van der Waals surface area contributed by atoms with Crippen LogP contribution in [-0.4, -0.2) is 23.9 Å². The van der Waals surface area contributed by atoms with Crippen molar-refractivity contribution in [1.29, 1.82) is 0 Å². The average molecular weight is 300 g/mol. The molecule has 112 valence electrons. The second-order valence-corrected chi connectivity index (χ2v) is 4.15. The number of carbonyl (C=O) groups is 1. The number of aryl methyl sites for hydroxylation is 1. The zero-order valence-corrected chi connectivity index (χ0v) is 10.9. The van der Waals surface area contributed by atoms with E-state index in [0.717, 1.165) is 5.56 Å². The van der Waals surface area contributed by atoms with Crippen LogP contribution in [0.4, 0.5) is 23.7 Å². The minimum atomic E-state index is -4.55. The highest BCUT2D eigenvalue weighted by molar-refractivity contribution is 5.85. The summed E-state index contributed by atoms with van der Waals surface area (Å²) in [6, 6.07) is 6.34. The topological polar surface area (TPSA) is 64.4 Å². The molecule has 0 saturated heterocycles. The van der Waals surface area contributed by atoms with Gasteiger partial charge in [-0.2, -0.15) is 13.2 Å². The van der Waals surface area contributed by atoms with Crippen LogP contribution < -0.4 is 5.32 Å². The predicted octanol–water partition coefficient (Wildman–Crippen LogP) is 3.76. The third-order valence-corrected chi connectivity index (χ3v) is 2.41. The van der Waals surface area contributed by atoms with E-state index >= 15 is 0 Å². The van der Waals surface area contributed by atoms with E-state index in [2.05, 4.69) is 15.0 Å². The number of aromatic nitrogens is 1. The summed E-state index contributed by atoms with van der Waals surface area (Å²) in [5.74, 6) is 0.517. The molecule has 8 heteroatoms. The summed E-state index contributed by atoms with van der Waals surface area (Å²) in [5.41, 5.74) is 1.69. The second-order valence-electron chi connectivity index (χ2n) is 4.15. The molecule has 0 radical (unpaired) electrons. The number of anilines is 1. The van der Waals surface area contributed by atoms with Crippen molar-refractivity contribution >= 4 is 11.8 Å². The molecule has 1 aromatic carbocycles. The number of hydrogen-bond acceptors (Lipinski definition) is 4. The normalized spacial score (nSPS) is 11.2. The molecule has 5 nitrogen and oxygen atoms in total. The maximum absolute atomic E-state index is 11.9. The molecule has 0 aliphatic rings. The highest BCUT2D eigenvalue weighted by Crippen LogP contribution is 2.21. The van der Waals surface area contributed by atoms with Gasteiger partial charge in [-0.25, -0.2) is 9.78 Å². The molecule has 0 fully saturated rings. The first-order valence-corrected chi connectivity index (χ1v) is 5.86. The van der Waals surface area contributed by atoms with Crippen molar-refractivity contribution in [3.8, 4) is 11.3 Å². The zero-order valence-electron chi connectivity index (χ0n) is 10.9. The van der Waals surface area contributed by atoms with Crippen LogP contribution in [0.25, 0.3) is 11.3 Å². The number of amides is 1. The van der Waals surface area contributed by atoms with E-state index in [1.807, 2.05) is 0 Å². The minimum absolute atomic E-state index is 0.311. The summed E-state index contributed by atoms with van der Waals surface area (Å²) in [5, 5.41) is 2.19. The lowest BCUT2D eigenvalue weighted by molar-refractivity contribution is -0.159. The Labute approximate surface area is 117 Å². The molecule has 0 saturated carbocycles. The molecule has 1 heterocycles. The van der Waals surface area contributed by atoms with Crippen molar-refractivity contribution in [2.24, 2.45) is 0 Å². The lowest BCUT2D eigenvalue weighted by atomic mass is 10.1. The van der Waals surface area contributed by atoms with E-state index < -0.39 is 18.9 Å². The average Bonchev–Trinajstić information content (AvgIpc) is 2.83. The van der Waals surface area contributed by atoms with E-state index in [1.165, 1.54) is 18.4 Å². The number of rotatable bonds is 3. The largest absolute Gasteiger partial charge is 0.449 e. The smallest absolute Gasteiger partial charge is 0.422 e. The number of halogens is 3. The molecular formula is C13H11F3N2O3. The molecule has 1 amide bonds. The lowest BCUT2D eigenvalue weighted by Gasteiger charge is -2.09. The first-order valence-electron chi connectivity index (χ1n) is 5.86. The summed E-state index contributed by atoms with van der Waals surface area (Å²) in [6.45, 7) is 0.0746. The van der Waals surface area contributed by atoms with Gasteiger partial charge < -0.3 is 9.15 Å². The van der Waals surface area contributed by atoms with Gasteiger partial charge in [-0.1, -0.05) is 12.1 Å². The van der Waals surface area contributed by atoms with E-state index in [4.69, 9.17) is 4.42 Å². The van der Waals surface area contributed by atoms with Gasteiger partial charge in [0.05, 0.1) is 0 Å². The maximum Gasteiger partial charge on any atom is 0.422 e. The standard InChI is InChI=1S/C13H11F3N2O3/c1-8-17-11(6-20-8)9-2-4-10(5-3-9)18-12(19)21-7-13(14,15)16/h2-6H,7H2,1H3,(H,18,19). The first kappa shape index (κ1) is 14.9. The maximum atomic E-state index is 11.9. The molecule has 2 aromatic rings. The third kappa shape index (κ3) is 4.51. The fourth-order valence-electron chi connectivity index (χ4n) is 1.52. The van der Waals surface area contributed by atoms with Crippen molar-refractivity contribution in [3.63, 3.8) is 0 Å². The Kier molecular flexibility index (Phi) is 4.15. The number of nitrogens with one attached hydrogen (secondary N) is 1. The molecule has 0 aliphatic carbocycles. The highest BCUT2D eigenvalue weighted by atomic mass is 19.4. The van der Waals surface area contributed by atoms with Gasteiger partial charge in [-0.15, -0.1) is 0 Å². The molecular weight excluding hydrogens is 289 g/mol. The molecule has 0 unspecified atom stereocenters. The Hall–Kier alpha value is -2.51. The fourth-order valence-corrected chi connectivity index (χ4v) is 1.52. The van der Waals surface area contributed by atoms with Crippen LogP contribution in [-0.2, 0) is 4.74 Å². The summed E-state index contributed by atoms with van der Waals surface area (Å²) in [4.78, 5) is 15.3. The number of ether oxygens (including phenoxy) is 1. The van der Waals surface area contributed by atoms with Crippen molar-refractivity contribution in [3.05, 3.63) is 36.4 Å². The van der Waals surface area contributed by atoms with Crippen LogP contribution in [0.15, 0.2) is 34.9 Å². The molecule has 0 aliphatic heterocycles. The third-order valence-electron chi connectivity index (χ3n) is 2.41. The van der Waals surface area contributed by atoms with Crippen LogP contribution in [0, 0.1) is 6.92 Å². The molecule has 0 bridgehead atoms. The van der Waals surface area contributed by atoms with Gasteiger partial charge in [-0.05, 0) is 12.1 Å². The van der Waals surface area contributed by atoms with Gasteiger partial charge >= 0.3 is 12.3 Å². The van der Waals surface area contributed by atoms with Gasteiger partial charge in [0.1, 0.15) is 12.0 Å². The minimum Gasteiger partial charge on any atom is -0.449 e. The van der Waals surface area contributed by atoms with E-state index in [9.17, 15) is 18.0 Å². The molecule has 0 spiro atoms. The van der Waals surface area contributed by atoms with Crippen LogP contribution in [0.3, 0.4) is 0 Å². The Morgan fingerprint density at radius 3 is 2.52 bits per heavy atom. The number of nitrogens with zero attached hydrogens (tertiary/aromatic N) is 1. The van der Waals surface area contributed by atoms with Gasteiger partial charge in [0.25, 0.3) is 0 Å². The monoisotopic (exact) mass is 300 g/mol. The SMILES string of the molecule is Cc1nc(-c2ccc(NC(=O)OCC(F)(F)F)cc2)co1. The quantitative estimate of drug-likeness (QED) is 0.937. The molecule has 0 atom stereocenters. The lowest BCUT2D eigenvalue weighted by Crippen LogP contribution is -2.23. The first-order chi connectivity index (χ1) is 9.83. The number of benzene rings is 1. The Bertz CT molecular complexity index is 620. The number of oxazole rings is 1. The summed E-state index contributed by atoms with van der Waals surface area (Å²) in [7, 11) is 0. The number of alkyl halides is 3. The van der Waals surface area contributed by atoms with Crippen molar-refractivity contribution in [2.45, 2.75) is 13.1 Å². The number of carbonyl (C=O) groups excluding carboxylic acids is 1. The van der Waals surface area contributed by atoms with Crippen LogP contribution in [0.5, 0.6) is 0 Å². The van der Waals surface area contributed by atoms with Crippen LogP contribution in [0.1, 0.15) is 5.89 Å². The van der Waals surface area contributed by atoms with Gasteiger partial charge in [0.15, 0.2) is 12.5 Å². The molecule has 1 aromatic heterocycles. The summed E-state index contributed by atoms with van der Waals surface area (Å²) < 4.78 is 44.7. The second kappa shape index (κ2) is 5.86. The Morgan fingerprint density at radius 1 is 1.33 bits per heavy atom. The van der Waals surface area contributed by atoms with Crippen molar-refractivity contribution in [2.75, 3.05) is 11.9 Å². The summed E-state index contributed by atoms with van der Waals surface area (Å²) in [6.07, 6.45) is -4.24. The van der Waals surface area contributed by atoms with Crippen LogP contribution in [0.2, 0.25) is 0 Å². The fraction of sp³-hybridized carbons (Fsp3) is 0.231. The van der Waals surface area contributed by atoms with Crippen LogP contribution >= 0.6 is 0 Å². The van der Waals surface area contributed by atoms with Gasteiger partial charge in [-0.3, -0.25) is 5.32 Å². The molecule has 2 rings (SSSR count). The van der Waals surface area contributed by atoms with E-state index in [0.29, 0.717) is 17.3 Å². The number of hydrogen-bond donors (Lipinski definition) is 1. The molecule has 21 heavy (non-hydrogen) atoms. The van der Waals surface area contributed by atoms with Gasteiger partial charge in [0, 0.05) is 18.2 Å². The van der Waals surface area contributed by atoms with Crippen molar-refractivity contribution < 1.29 is 27.1 Å². The van der Waals surface area contributed by atoms with Crippen molar-refractivity contribution in [1.82, 2.24) is 4.98 Å². The van der Waals surface area contributed by atoms with Gasteiger partial charge in [0.2, 0.25) is 0 Å². The molecule has 1 N–H and O–H groups in total. The Morgan fingerprint density at radius 2 is 2.00 bits per heavy atom. The van der Waals surface area contributed by atoms with E-state index in [-0.39, 0.29) is 0 Å². The van der Waals surface area contributed by atoms with E-state index in [1.54, 1.807) is 19.1 Å². The summed E-state index contributed by atoms with van der Waals surface area (Å²) >= 11 is 0. The highest BCUT2D eigenvalue weighted by Gasteiger charge is 2.29. The predicted molar refractivity (Wildman–Crippen MR) is 67.7 cm³/mol.